The number of anilines is 2. The molecule has 45 heavy (non-hydrogen) atoms. The number of hydrogen-bond acceptors (Lipinski definition) is 10. The Balaban J connectivity index is 1.10. The van der Waals surface area contributed by atoms with E-state index in [4.69, 9.17) is 11.6 Å². The number of likely N-dealkylation sites (tertiary alicyclic amines) is 1. The molecule has 2 saturated heterocycles. The predicted octanol–water partition coefficient (Wildman–Crippen LogP) is 3.34. The Hall–Kier alpha value is -4.18. The van der Waals surface area contributed by atoms with Crippen molar-refractivity contribution < 1.29 is 28.2 Å². The molecule has 12 nitrogen and oxygen atoms in total. The molecular formula is C29H29ClF3N9O3. The lowest BCUT2D eigenvalue weighted by atomic mass is 10.0. The van der Waals surface area contributed by atoms with Crippen LogP contribution < -0.4 is 10.2 Å². The van der Waals surface area contributed by atoms with Crippen molar-refractivity contribution in [2.24, 2.45) is 0 Å². The second-order valence-corrected chi connectivity index (χ2v) is 11.5. The zero-order chi connectivity index (χ0) is 31.8. The van der Waals surface area contributed by atoms with E-state index < -0.39 is 41.5 Å². The normalized spacial score (nSPS) is 20.8. The Labute approximate surface area is 260 Å². The Morgan fingerprint density at radius 2 is 1.84 bits per heavy atom. The molecule has 6 rings (SSSR count). The number of rotatable bonds is 9. The molecule has 0 radical (unpaired) electrons. The van der Waals surface area contributed by atoms with E-state index in [0.717, 1.165) is 43.1 Å². The van der Waals surface area contributed by atoms with Crippen molar-refractivity contribution >= 4 is 29.1 Å². The number of nitrogens with zero attached hydrogens (tertiary/aromatic N) is 8. The van der Waals surface area contributed by atoms with Gasteiger partial charge in [-0.1, -0.05) is 17.7 Å². The van der Waals surface area contributed by atoms with Crippen LogP contribution in [0.15, 0.2) is 49.3 Å². The van der Waals surface area contributed by atoms with Gasteiger partial charge in [0, 0.05) is 67.5 Å². The van der Waals surface area contributed by atoms with Crippen LogP contribution in [0.4, 0.5) is 24.8 Å². The summed E-state index contributed by atoms with van der Waals surface area (Å²) in [5.74, 6) is -1.19. The second-order valence-electron chi connectivity index (χ2n) is 11.1. The van der Waals surface area contributed by atoms with Crippen LogP contribution >= 0.6 is 11.6 Å². The maximum atomic E-state index is 14.7. The van der Waals surface area contributed by atoms with Crippen molar-refractivity contribution in [3.8, 4) is 11.3 Å². The standard InChI is InChI=1S/C29H29ClF3N9O3/c1-15(16-6-35-29(36-7-16)41-5-4-18(41)12-40-13-23(43)24(44)14-40)42-11-17(8-37-42)38-28(45)22-10-34-9-21(39-22)25-19(27(32)33)2-3-20(30)26(25)31/h2-3,6-11,15,18,23-24,27,43-44H,4-5,12-14H2,1H3,(H,38,45)/t15?,18?,23-,24+. The summed E-state index contributed by atoms with van der Waals surface area (Å²) < 4.78 is 43.5. The number of aliphatic hydroxyl groups excluding tert-OH is 2. The van der Waals surface area contributed by atoms with Crippen molar-refractivity contribution in [1.29, 1.82) is 0 Å². The fraction of sp³-hybridized carbons (Fsp3) is 0.379. The monoisotopic (exact) mass is 643 g/mol. The molecule has 2 unspecified atom stereocenters. The number of aromatic nitrogens is 6. The van der Waals surface area contributed by atoms with Gasteiger partial charge in [-0.3, -0.25) is 19.4 Å². The van der Waals surface area contributed by atoms with Gasteiger partial charge in [-0.25, -0.2) is 28.1 Å². The average molecular weight is 644 g/mol. The number of carbonyl (C=O) groups excluding carboxylic acids is 1. The zero-order valence-electron chi connectivity index (χ0n) is 23.9. The van der Waals surface area contributed by atoms with Crippen LogP contribution in [0.25, 0.3) is 11.3 Å². The van der Waals surface area contributed by atoms with E-state index in [1.165, 1.54) is 6.20 Å². The summed E-state index contributed by atoms with van der Waals surface area (Å²) in [6.07, 6.45) is 5.21. The lowest BCUT2D eigenvalue weighted by Crippen LogP contribution is -2.54. The van der Waals surface area contributed by atoms with Crippen molar-refractivity contribution in [1.82, 2.24) is 34.6 Å². The first-order chi connectivity index (χ1) is 21.6. The number of nitrogens with one attached hydrogen (secondary N) is 1. The van der Waals surface area contributed by atoms with Crippen LogP contribution in [0.2, 0.25) is 5.02 Å². The molecule has 1 aromatic carbocycles. The van der Waals surface area contributed by atoms with Gasteiger partial charge in [0.15, 0.2) is 5.82 Å². The summed E-state index contributed by atoms with van der Waals surface area (Å²) in [6.45, 7) is 4.31. The number of carbonyl (C=O) groups is 1. The van der Waals surface area contributed by atoms with Gasteiger partial charge < -0.3 is 20.4 Å². The van der Waals surface area contributed by atoms with E-state index in [1.54, 1.807) is 23.3 Å². The average Bonchev–Trinajstić information content (AvgIpc) is 3.61. The molecule has 0 bridgehead atoms. The summed E-state index contributed by atoms with van der Waals surface area (Å²) in [5, 5.41) is 26.2. The fourth-order valence-corrected chi connectivity index (χ4v) is 5.61. The summed E-state index contributed by atoms with van der Waals surface area (Å²) in [4.78, 5) is 34.2. The van der Waals surface area contributed by atoms with Crippen LogP contribution in [0.1, 0.15) is 47.4 Å². The SMILES string of the molecule is CC(c1cnc(N2CCC2CN2C[C@@H](O)[C@@H](O)C2)nc1)n1cc(NC(=O)c2cncc(-c3c(C(F)F)ccc(Cl)c3F)n2)cn1. The van der Waals surface area contributed by atoms with E-state index in [1.807, 2.05) is 11.8 Å². The molecule has 2 aliphatic rings. The van der Waals surface area contributed by atoms with Crippen molar-refractivity contribution in [3.05, 3.63) is 77.0 Å². The smallest absolute Gasteiger partial charge is 0.275 e. The van der Waals surface area contributed by atoms with Crippen molar-refractivity contribution in [2.75, 3.05) is 36.4 Å². The van der Waals surface area contributed by atoms with Crippen LogP contribution in [-0.2, 0) is 0 Å². The second kappa shape index (κ2) is 12.7. The molecule has 3 N–H and O–H groups in total. The summed E-state index contributed by atoms with van der Waals surface area (Å²) >= 11 is 5.81. The van der Waals surface area contributed by atoms with Crippen LogP contribution in [0.3, 0.4) is 0 Å². The Kier molecular flexibility index (Phi) is 8.68. The highest BCUT2D eigenvalue weighted by molar-refractivity contribution is 6.31. The van der Waals surface area contributed by atoms with Gasteiger partial charge in [0.1, 0.15) is 5.69 Å². The molecule has 1 amide bonds. The number of β-amino-alcohol motifs (C(OH)–C–C–N with tert-alkyl or cyclic N) is 2. The van der Waals surface area contributed by atoms with Gasteiger partial charge >= 0.3 is 0 Å². The third-order valence-corrected chi connectivity index (χ3v) is 8.38. The largest absolute Gasteiger partial charge is 0.389 e. The Bertz CT molecular complexity index is 1680. The number of hydrogen-bond donors (Lipinski definition) is 3. The highest BCUT2D eigenvalue weighted by atomic mass is 35.5. The molecule has 0 spiro atoms. The van der Waals surface area contributed by atoms with Crippen LogP contribution in [0, 0.1) is 5.82 Å². The number of alkyl halides is 2. The minimum atomic E-state index is -3.00. The van der Waals surface area contributed by atoms with Gasteiger partial charge in [-0.05, 0) is 19.4 Å². The molecule has 0 aliphatic carbocycles. The van der Waals surface area contributed by atoms with E-state index in [9.17, 15) is 28.2 Å². The summed E-state index contributed by atoms with van der Waals surface area (Å²) in [7, 11) is 0. The maximum Gasteiger partial charge on any atom is 0.275 e. The fourth-order valence-electron chi connectivity index (χ4n) is 5.45. The number of aliphatic hydroxyl groups is 2. The van der Waals surface area contributed by atoms with E-state index in [-0.39, 0.29) is 28.5 Å². The van der Waals surface area contributed by atoms with Crippen molar-refractivity contribution in [2.45, 2.75) is 44.1 Å². The molecule has 3 aromatic heterocycles. The molecule has 236 valence electrons. The zero-order valence-corrected chi connectivity index (χ0v) is 24.7. The van der Waals surface area contributed by atoms with E-state index in [0.29, 0.717) is 31.3 Å². The lowest BCUT2D eigenvalue weighted by molar-refractivity contribution is 0.0572. The van der Waals surface area contributed by atoms with E-state index in [2.05, 4.69) is 35.3 Å². The van der Waals surface area contributed by atoms with Crippen LogP contribution in [-0.4, -0.2) is 95.2 Å². The summed E-state index contributed by atoms with van der Waals surface area (Å²) in [6, 6.07) is 1.95. The number of halogens is 4. The Morgan fingerprint density at radius 3 is 2.51 bits per heavy atom. The highest BCUT2D eigenvalue weighted by Gasteiger charge is 2.36. The molecule has 2 aliphatic heterocycles. The Morgan fingerprint density at radius 1 is 1.11 bits per heavy atom. The molecule has 5 heterocycles. The lowest BCUT2D eigenvalue weighted by Gasteiger charge is -2.42. The van der Waals surface area contributed by atoms with Crippen molar-refractivity contribution in [3.63, 3.8) is 0 Å². The summed E-state index contributed by atoms with van der Waals surface area (Å²) in [5.41, 5.74) is -0.518. The molecular weight excluding hydrogens is 615 g/mol. The molecule has 4 atom stereocenters. The molecule has 2 fully saturated rings. The minimum absolute atomic E-state index is 0.198. The van der Waals surface area contributed by atoms with Gasteiger partial charge in [-0.2, -0.15) is 5.10 Å². The van der Waals surface area contributed by atoms with Gasteiger partial charge in [0.2, 0.25) is 5.95 Å². The van der Waals surface area contributed by atoms with Crippen LogP contribution in [0.5, 0.6) is 0 Å². The maximum absolute atomic E-state index is 14.7. The predicted molar refractivity (Wildman–Crippen MR) is 158 cm³/mol. The third-order valence-electron chi connectivity index (χ3n) is 8.09. The van der Waals surface area contributed by atoms with Gasteiger partial charge in [0.25, 0.3) is 12.3 Å². The molecule has 0 saturated carbocycles. The quantitative estimate of drug-likeness (QED) is 0.248. The number of benzene rings is 1. The highest BCUT2D eigenvalue weighted by Crippen LogP contribution is 2.35. The van der Waals surface area contributed by atoms with Gasteiger partial charge in [-0.15, -0.1) is 0 Å². The first kappa shape index (κ1) is 30.8. The minimum Gasteiger partial charge on any atom is -0.389 e. The van der Waals surface area contributed by atoms with Gasteiger partial charge in [0.05, 0.1) is 53.2 Å². The first-order valence-electron chi connectivity index (χ1n) is 14.2. The first-order valence-corrected chi connectivity index (χ1v) is 14.6. The van der Waals surface area contributed by atoms with E-state index >= 15 is 0 Å². The topological polar surface area (TPSA) is 145 Å². The molecule has 4 aromatic rings. The third kappa shape index (κ3) is 6.33. The molecule has 16 heteroatoms. The number of amides is 1.